The second-order valence-corrected chi connectivity index (χ2v) is 8.62. The van der Waals surface area contributed by atoms with Crippen LogP contribution in [0.15, 0.2) is 84.1 Å². The average Bonchev–Trinajstić information content (AvgIpc) is 3.36. The summed E-state index contributed by atoms with van der Waals surface area (Å²) in [5.41, 5.74) is 3.80. The lowest BCUT2D eigenvalue weighted by Crippen LogP contribution is -2.31. The Balaban J connectivity index is 1.57. The molecule has 0 saturated heterocycles. The van der Waals surface area contributed by atoms with Crippen molar-refractivity contribution in [2.45, 2.75) is 19.9 Å². The Morgan fingerprint density at radius 1 is 1.11 bits per heavy atom. The number of rotatable bonds is 7. The summed E-state index contributed by atoms with van der Waals surface area (Å²) in [6.07, 6.45) is 0. The van der Waals surface area contributed by atoms with E-state index in [4.69, 9.17) is 19.6 Å². The van der Waals surface area contributed by atoms with Crippen LogP contribution in [0.5, 0.6) is 11.5 Å². The number of nitrogens with one attached hydrogen (secondary N) is 2. The average molecular weight is 507 g/mol. The van der Waals surface area contributed by atoms with E-state index in [2.05, 4.69) is 16.7 Å². The summed E-state index contributed by atoms with van der Waals surface area (Å²) >= 11 is 0. The second kappa shape index (κ2) is 10.5. The Labute approximate surface area is 220 Å². The molecule has 0 aliphatic carbocycles. The highest BCUT2D eigenvalue weighted by atomic mass is 16.5. The fourth-order valence-electron chi connectivity index (χ4n) is 4.42. The number of allylic oxidation sites excluding steroid dienone is 1. The van der Waals surface area contributed by atoms with Crippen molar-refractivity contribution in [2.24, 2.45) is 0 Å². The summed E-state index contributed by atoms with van der Waals surface area (Å²) in [7, 11) is 1.56. The summed E-state index contributed by atoms with van der Waals surface area (Å²) in [5, 5.41) is 20.3. The highest BCUT2D eigenvalue weighted by molar-refractivity contribution is 6.06. The molecule has 9 heteroatoms. The summed E-state index contributed by atoms with van der Waals surface area (Å²) < 4.78 is 12.7. The van der Waals surface area contributed by atoms with E-state index in [1.165, 1.54) is 0 Å². The van der Waals surface area contributed by atoms with E-state index < -0.39 is 6.04 Å². The number of amides is 1. The normalized spacial score (nSPS) is 14.2. The quantitative estimate of drug-likeness (QED) is 0.356. The standard InChI is InChI=1S/C29H26N6O3/c1-4-38-22-15-13-21(14-16-22)27-33-29-31-18(2)25(28(36)32-23-7-5-6-8-24(23)37-3)26(35(29)34-27)20-11-9-19(17-30)10-12-20/h5-16,26H,4H2,1-3H3,(H,32,36)(H,31,33,34). The molecule has 1 atom stereocenters. The maximum absolute atomic E-state index is 13.7. The molecule has 9 nitrogen and oxygen atoms in total. The van der Waals surface area contributed by atoms with Crippen molar-refractivity contribution in [1.82, 2.24) is 14.8 Å². The summed E-state index contributed by atoms with van der Waals surface area (Å²) in [4.78, 5) is 18.5. The van der Waals surface area contributed by atoms with E-state index in [0.29, 0.717) is 46.7 Å². The van der Waals surface area contributed by atoms with E-state index in [0.717, 1.165) is 16.9 Å². The van der Waals surface area contributed by atoms with Gasteiger partial charge in [0.1, 0.15) is 17.5 Å². The van der Waals surface area contributed by atoms with Crippen LogP contribution in [0.25, 0.3) is 11.4 Å². The van der Waals surface area contributed by atoms with Crippen LogP contribution >= 0.6 is 0 Å². The van der Waals surface area contributed by atoms with Gasteiger partial charge in [0.05, 0.1) is 36.6 Å². The molecule has 1 amide bonds. The van der Waals surface area contributed by atoms with Gasteiger partial charge < -0.3 is 20.1 Å². The predicted octanol–water partition coefficient (Wildman–Crippen LogP) is 5.15. The van der Waals surface area contributed by atoms with Gasteiger partial charge in [-0.1, -0.05) is 24.3 Å². The largest absolute Gasteiger partial charge is 0.495 e. The van der Waals surface area contributed by atoms with Gasteiger partial charge in [-0.15, -0.1) is 5.10 Å². The smallest absolute Gasteiger partial charge is 0.255 e. The van der Waals surface area contributed by atoms with Crippen LogP contribution in [0.1, 0.15) is 31.0 Å². The van der Waals surface area contributed by atoms with Gasteiger partial charge in [0.2, 0.25) is 5.95 Å². The lowest BCUT2D eigenvalue weighted by Gasteiger charge is -2.28. The van der Waals surface area contributed by atoms with Crippen molar-refractivity contribution in [3.63, 3.8) is 0 Å². The fourth-order valence-corrected chi connectivity index (χ4v) is 4.42. The van der Waals surface area contributed by atoms with Crippen molar-refractivity contribution in [3.05, 3.63) is 95.2 Å². The van der Waals surface area contributed by atoms with Gasteiger partial charge in [-0.3, -0.25) is 4.79 Å². The molecule has 1 aliphatic heterocycles. The molecule has 38 heavy (non-hydrogen) atoms. The van der Waals surface area contributed by atoms with Crippen LogP contribution in [-0.4, -0.2) is 34.4 Å². The zero-order valence-electron chi connectivity index (χ0n) is 21.2. The van der Waals surface area contributed by atoms with E-state index in [1.807, 2.05) is 62.4 Å². The van der Waals surface area contributed by atoms with E-state index in [1.54, 1.807) is 36.1 Å². The number of benzene rings is 3. The van der Waals surface area contributed by atoms with Crippen LogP contribution < -0.4 is 20.1 Å². The molecule has 1 aromatic heterocycles. The third-order valence-corrected chi connectivity index (χ3v) is 6.23. The number of carbonyl (C=O) groups is 1. The number of fused-ring (bicyclic) bond motifs is 1. The summed E-state index contributed by atoms with van der Waals surface area (Å²) in [5.74, 6) is 2.03. The first-order chi connectivity index (χ1) is 18.5. The highest BCUT2D eigenvalue weighted by Crippen LogP contribution is 2.37. The van der Waals surface area contributed by atoms with Crippen molar-refractivity contribution < 1.29 is 14.3 Å². The zero-order valence-corrected chi connectivity index (χ0v) is 21.2. The number of methoxy groups -OCH3 is 1. The molecule has 0 saturated carbocycles. The van der Waals surface area contributed by atoms with Gasteiger partial charge in [0.25, 0.3) is 5.91 Å². The SMILES string of the molecule is CCOc1ccc(-c2nc3n(n2)C(c2ccc(C#N)cc2)C(C(=O)Nc2ccccc2OC)=C(C)N3)cc1. The van der Waals surface area contributed by atoms with Crippen LogP contribution in [0.4, 0.5) is 11.6 Å². The third kappa shape index (κ3) is 4.67. The fraction of sp³-hybridized carbons (Fsp3) is 0.172. The Morgan fingerprint density at radius 2 is 1.84 bits per heavy atom. The minimum absolute atomic E-state index is 0.308. The molecule has 0 spiro atoms. The van der Waals surface area contributed by atoms with Crippen LogP contribution in [-0.2, 0) is 4.79 Å². The summed E-state index contributed by atoms with van der Waals surface area (Å²) in [6.45, 7) is 4.35. The number of hydrogen-bond acceptors (Lipinski definition) is 7. The topological polar surface area (TPSA) is 114 Å². The number of anilines is 2. The molecular weight excluding hydrogens is 480 g/mol. The maximum atomic E-state index is 13.7. The number of nitrogens with zero attached hydrogens (tertiary/aromatic N) is 4. The highest BCUT2D eigenvalue weighted by Gasteiger charge is 2.34. The molecule has 1 unspecified atom stereocenters. The number of para-hydroxylation sites is 2. The third-order valence-electron chi connectivity index (χ3n) is 6.23. The Kier molecular flexibility index (Phi) is 6.78. The second-order valence-electron chi connectivity index (χ2n) is 8.62. The van der Waals surface area contributed by atoms with Crippen LogP contribution in [0, 0.1) is 11.3 Å². The Hall–Kier alpha value is -5.10. The van der Waals surface area contributed by atoms with Gasteiger partial charge in [-0.2, -0.15) is 10.2 Å². The predicted molar refractivity (Wildman–Crippen MR) is 144 cm³/mol. The van der Waals surface area contributed by atoms with Crippen molar-refractivity contribution in [2.75, 3.05) is 24.4 Å². The molecule has 190 valence electrons. The van der Waals surface area contributed by atoms with Gasteiger partial charge in [-0.05, 0) is 67.9 Å². The molecule has 4 aromatic rings. The lowest BCUT2D eigenvalue weighted by atomic mass is 9.94. The van der Waals surface area contributed by atoms with Gasteiger partial charge in [0, 0.05) is 11.3 Å². The first kappa shape index (κ1) is 24.6. The van der Waals surface area contributed by atoms with E-state index >= 15 is 0 Å². The first-order valence-corrected chi connectivity index (χ1v) is 12.1. The van der Waals surface area contributed by atoms with Gasteiger partial charge >= 0.3 is 0 Å². The molecule has 3 aromatic carbocycles. The van der Waals surface area contributed by atoms with Crippen LogP contribution in [0.2, 0.25) is 0 Å². The summed E-state index contributed by atoms with van der Waals surface area (Å²) in [6, 6.07) is 23.5. The number of carbonyl (C=O) groups excluding carboxylic acids is 1. The number of ether oxygens (including phenoxy) is 2. The number of hydrogen-bond donors (Lipinski definition) is 2. The molecule has 0 bridgehead atoms. The van der Waals surface area contributed by atoms with Crippen molar-refractivity contribution >= 4 is 17.5 Å². The van der Waals surface area contributed by atoms with E-state index in [9.17, 15) is 10.1 Å². The van der Waals surface area contributed by atoms with Gasteiger partial charge in [0.15, 0.2) is 5.82 Å². The van der Waals surface area contributed by atoms with E-state index in [-0.39, 0.29) is 5.91 Å². The minimum Gasteiger partial charge on any atom is -0.495 e. The molecule has 2 heterocycles. The van der Waals surface area contributed by atoms with Crippen molar-refractivity contribution in [3.8, 4) is 29.0 Å². The van der Waals surface area contributed by atoms with Crippen LogP contribution in [0.3, 0.4) is 0 Å². The van der Waals surface area contributed by atoms with Crippen molar-refractivity contribution in [1.29, 1.82) is 5.26 Å². The molecular formula is C29H26N6O3. The number of nitriles is 1. The maximum Gasteiger partial charge on any atom is 0.255 e. The van der Waals surface area contributed by atoms with Gasteiger partial charge in [-0.25, -0.2) is 4.68 Å². The first-order valence-electron chi connectivity index (χ1n) is 12.1. The molecule has 1 aliphatic rings. The minimum atomic E-state index is -0.586. The molecule has 2 N–H and O–H groups in total. The number of aromatic nitrogens is 3. The Bertz CT molecular complexity index is 1550. The molecule has 0 radical (unpaired) electrons. The zero-order chi connectivity index (χ0) is 26.6. The molecule has 0 fully saturated rings. The monoisotopic (exact) mass is 506 g/mol. The molecule has 5 rings (SSSR count). The lowest BCUT2D eigenvalue weighted by molar-refractivity contribution is -0.113. The Morgan fingerprint density at radius 3 is 2.53 bits per heavy atom.